The highest BCUT2D eigenvalue weighted by Crippen LogP contribution is 2.19. The fourth-order valence-electron chi connectivity index (χ4n) is 2.35. The van der Waals surface area contributed by atoms with Crippen LogP contribution in [0.4, 0.5) is 0 Å². The molecule has 2 heterocycles. The maximum Gasteiger partial charge on any atom is 0.228 e. The van der Waals surface area contributed by atoms with Gasteiger partial charge in [0.2, 0.25) is 5.91 Å². The molecule has 1 amide bonds. The smallest absolute Gasteiger partial charge is 0.228 e. The molecule has 1 unspecified atom stereocenters. The zero-order valence-electron chi connectivity index (χ0n) is 9.02. The van der Waals surface area contributed by atoms with Gasteiger partial charge in [-0.05, 0) is 25.7 Å². The van der Waals surface area contributed by atoms with Crippen molar-refractivity contribution in [2.45, 2.75) is 31.8 Å². The van der Waals surface area contributed by atoms with Crippen molar-refractivity contribution in [2.75, 3.05) is 26.3 Å². The van der Waals surface area contributed by atoms with Crippen molar-refractivity contribution in [3.05, 3.63) is 0 Å². The van der Waals surface area contributed by atoms with E-state index in [2.05, 4.69) is 0 Å². The minimum atomic E-state index is -0.327. The number of rotatable bonds is 1. The number of hydrogen-bond acceptors (Lipinski definition) is 3. The van der Waals surface area contributed by atoms with Gasteiger partial charge in [-0.1, -0.05) is 0 Å². The van der Waals surface area contributed by atoms with Gasteiger partial charge in [-0.25, -0.2) is 0 Å². The maximum absolute atomic E-state index is 12.0. The van der Waals surface area contributed by atoms with Crippen LogP contribution in [0.2, 0.25) is 0 Å². The van der Waals surface area contributed by atoms with E-state index in [4.69, 9.17) is 4.74 Å². The minimum Gasteiger partial charge on any atom is -0.391 e. The van der Waals surface area contributed by atoms with Crippen LogP contribution in [0, 0.1) is 5.92 Å². The summed E-state index contributed by atoms with van der Waals surface area (Å²) >= 11 is 0. The highest BCUT2D eigenvalue weighted by Gasteiger charge is 2.29. The average Bonchev–Trinajstić information content (AvgIpc) is 2.29. The van der Waals surface area contributed by atoms with Crippen LogP contribution in [-0.4, -0.2) is 48.3 Å². The Balaban J connectivity index is 1.88. The molecule has 0 radical (unpaired) electrons. The third kappa shape index (κ3) is 2.69. The highest BCUT2D eigenvalue weighted by molar-refractivity contribution is 5.79. The van der Waals surface area contributed by atoms with Crippen LogP contribution in [0.25, 0.3) is 0 Å². The van der Waals surface area contributed by atoms with Gasteiger partial charge in [0.05, 0.1) is 18.6 Å². The molecule has 0 spiro atoms. The lowest BCUT2D eigenvalue weighted by molar-refractivity contribution is -0.142. The van der Waals surface area contributed by atoms with Crippen molar-refractivity contribution < 1.29 is 14.6 Å². The van der Waals surface area contributed by atoms with Gasteiger partial charge in [0, 0.05) is 19.7 Å². The van der Waals surface area contributed by atoms with Crippen molar-refractivity contribution >= 4 is 5.91 Å². The summed E-state index contributed by atoms with van der Waals surface area (Å²) in [4.78, 5) is 13.8. The van der Waals surface area contributed by atoms with Gasteiger partial charge in [-0.3, -0.25) is 4.79 Å². The summed E-state index contributed by atoms with van der Waals surface area (Å²) in [6.07, 6.45) is 3.33. The Hall–Kier alpha value is -0.610. The summed E-state index contributed by atoms with van der Waals surface area (Å²) in [5.74, 6) is 0.206. The Morgan fingerprint density at radius 1 is 1.33 bits per heavy atom. The number of carbonyl (C=O) groups excluding carboxylic acids is 1. The van der Waals surface area contributed by atoms with Crippen molar-refractivity contribution in [3.63, 3.8) is 0 Å². The molecular weight excluding hydrogens is 194 g/mol. The summed E-state index contributed by atoms with van der Waals surface area (Å²) in [6, 6.07) is 0. The van der Waals surface area contributed by atoms with Crippen LogP contribution in [-0.2, 0) is 9.53 Å². The molecular formula is C11H19NO3. The van der Waals surface area contributed by atoms with E-state index in [1.807, 2.05) is 0 Å². The second kappa shape index (κ2) is 4.94. The molecule has 1 N–H and O–H groups in total. The molecule has 0 aromatic heterocycles. The van der Waals surface area contributed by atoms with E-state index in [0.717, 1.165) is 38.8 Å². The normalized spacial score (nSPS) is 32.7. The standard InChI is InChI=1S/C11H19NO3/c13-10-4-1-5-12(7-10)11(14)9-3-2-6-15-8-9/h9-10,13H,1-8H2/t9?,10-/m0/s1. The van der Waals surface area contributed by atoms with Gasteiger partial charge >= 0.3 is 0 Å². The summed E-state index contributed by atoms with van der Waals surface area (Å²) in [6.45, 7) is 2.65. The number of carbonyl (C=O) groups is 1. The molecule has 86 valence electrons. The number of β-amino-alcohol motifs (C(OH)–C–C–N with tert-alkyl or cyclic N) is 1. The van der Waals surface area contributed by atoms with E-state index in [9.17, 15) is 9.90 Å². The number of ether oxygens (including phenoxy) is 1. The molecule has 0 bridgehead atoms. The number of aliphatic hydroxyl groups is 1. The first-order valence-electron chi connectivity index (χ1n) is 5.82. The van der Waals surface area contributed by atoms with E-state index in [1.54, 1.807) is 4.90 Å². The molecule has 0 aromatic carbocycles. The zero-order valence-corrected chi connectivity index (χ0v) is 9.02. The zero-order chi connectivity index (χ0) is 10.7. The summed E-state index contributed by atoms with van der Waals surface area (Å²) < 4.78 is 5.31. The van der Waals surface area contributed by atoms with Crippen LogP contribution in [0.15, 0.2) is 0 Å². The number of hydrogen-bond donors (Lipinski definition) is 1. The van der Waals surface area contributed by atoms with Crippen LogP contribution < -0.4 is 0 Å². The molecule has 15 heavy (non-hydrogen) atoms. The first-order chi connectivity index (χ1) is 7.27. The van der Waals surface area contributed by atoms with E-state index >= 15 is 0 Å². The van der Waals surface area contributed by atoms with Gasteiger partial charge in [0.25, 0.3) is 0 Å². The Morgan fingerprint density at radius 3 is 2.87 bits per heavy atom. The fraction of sp³-hybridized carbons (Fsp3) is 0.909. The first-order valence-corrected chi connectivity index (χ1v) is 5.82. The number of aliphatic hydroxyl groups excluding tert-OH is 1. The predicted molar refractivity (Wildman–Crippen MR) is 55.4 cm³/mol. The van der Waals surface area contributed by atoms with Crippen molar-refractivity contribution in [3.8, 4) is 0 Å². The Kier molecular flexibility index (Phi) is 3.59. The Morgan fingerprint density at radius 2 is 2.20 bits per heavy atom. The molecule has 2 atom stereocenters. The number of piperidine rings is 1. The lowest BCUT2D eigenvalue weighted by Gasteiger charge is -2.33. The molecule has 2 aliphatic rings. The van der Waals surface area contributed by atoms with Gasteiger partial charge < -0.3 is 14.7 Å². The lowest BCUT2D eigenvalue weighted by Crippen LogP contribution is -2.46. The molecule has 2 rings (SSSR count). The number of nitrogens with zero attached hydrogens (tertiary/aromatic N) is 1. The molecule has 2 aliphatic heterocycles. The van der Waals surface area contributed by atoms with Crippen LogP contribution >= 0.6 is 0 Å². The molecule has 0 aliphatic carbocycles. The number of likely N-dealkylation sites (tertiary alicyclic amines) is 1. The van der Waals surface area contributed by atoms with Gasteiger partial charge in [0.15, 0.2) is 0 Å². The highest BCUT2D eigenvalue weighted by atomic mass is 16.5. The molecule has 0 aromatic rings. The average molecular weight is 213 g/mol. The summed E-state index contributed by atoms with van der Waals surface area (Å²) in [7, 11) is 0. The molecule has 4 nitrogen and oxygen atoms in total. The van der Waals surface area contributed by atoms with Gasteiger partial charge in [-0.15, -0.1) is 0 Å². The van der Waals surface area contributed by atoms with Gasteiger partial charge in [0.1, 0.15) is 0 Å². The monoisotopic (exact) mass is 213 g/mol. The largest absolute Gasteiger partial charge is 0.391 e. The molecule has 4 heteroatoms. The topological polar surface area (TPSA) is 49.8 Å². The van der Waals surface area contributed by atoms with E-state index in [0.29, 0.717) is 13.2 Å². The SMILES string of the molecule is O=C(C1CCCOC1)N1CCC[C@H](O)C1. The van der Waals surface area contributed by atoms with E-state index in [-0.39, 0.29) is 17.9 Å². The third-order valence-electron chi connectivity index (χ3n) is 3.22. The van der Waals surface area contributed by atoms with Crippen molar-refractivity contribution in [2.24, 2.45) is 5.92 Å². The van der Waals surface area contributed by atoms with Crippen molar-refractivity contribution in [1.29, 1.82) is 0 Å². The maximum atomic E-state index is 12.0. The summed E-state index contributed by atoms with van der Waals surface area (Å²) in [5, 5.41) is 9.50. The lowest BCUT2D eigenvalue weighted by atomic mass is 9.99. The molecule has 2 fully saturated rings. The quantitative estimate of drug-likeness (QED) is 0.685. The second-order valence-corrected chi connectivity index (χ2v) is 4.49. The third-order valence-corrected chi connectivity index (χ3v) is 3.22. The van der Waals surface area contributed by atoms with Crippen LogP contribution in [0.3, 0.4) is 0 Å². The second-order valence-electron chi connectivity index (χ2n) is 4.49. The van der Waals surface area contributed by atoms with Crippen LogP contribution in [0.1, 0.15) is 25.7 Å². The van der Waals surface area contributed by atoms with Gasteiger partial charge in [-0.2, -0.15) is 0 Å². The molecule has 0 saturated carbocycles. The van der Waals surface area contributed by atoms with Crippen molar-refractivity contribution in [1.82, 2.24) is 4.90 Å². The molecule has 2 saturated heterocycles. The Labute approximate surface area is 90.2 Å². The van der Waals surface area contributed by atoms with E-state index < -0.39 is 0 Å². The number of amides is 1. The fourth-order valence-corrected chi connectivity index (χ4v) is 2.35. The minimum absolute atomic E-state index is 0.0315. The van der Waals surface area contributed by atoms with E-state index in [1.165, 1.54) is 0 Å². The first kappa shape index (κ1) is 10.9. The predicted octanol–water partition coefficient (Wildman–Crippen LogP) is 0.396. The summed E-state index contributed by atoms with van der Waals surface area (Å²) in [5.41, 5.74) is 0. The van der Waals surface area contributed by atoms with Crippen LogP contribution in [0.5, 0.6) is 0 Å². The Bertz CT molecular complexity index is 226.